The first-order valence-electron chi connectivity index (χ1n) is 17.6. The minimum absolute atomic E-state index is 0.0341. The molecule has 274 valence electrons. The van der Waals surface area contributed by atoms with E-state index < -0.39 is 46.3 Å². The van der Waals surface area contributed by atoms with Crippen molar-refractivity contribution in [1.29, 1.82) is 0 Å². The van der Waals surface area contributed by atoms with Gasteiger partial charge in [-0.2, -0.15) is 0 Å². The third-order valence-electron chi connectivity index (χ3n) is 8.54. The number of ether oxygens (including phenoxy) is 4. The summed E-state index contributed by atoms with van der Waals surface area (Å²) in [4.78, 5) is 88.3. The van der Waals surface area contributed by atoms with Crippen molar-refractivity contribution < 1.29 is 52.6 Å². The molecule has 0 atom stereocenters. The van der Waals surface area contributed by atoms with E-state index in [-0.39, 0.29) is 67.2 Å². The molecular weight excluding hydrogens is 664 g/mol. The van der Waals surface area contributed by atoms with E-state index in [0.717, 1.165) is 68.4 Å². The topological polar surface area (TPSA) is 186 Å². The van der Waals surface area contributed by atoms with E-state index in [1.807, 2.05) is 0 Å². The second kappa shape index (κ2) is 19.9. The van der Waals surface area contributed by atoms with Crippen molar-refractivity contribution in [3.05, 3.63) is 68.8 Å². The van der Waals surface area contributed by atoms with E-state index in [4.69, 9.17) is 18.9 Å². The normalized spacial score (nSPS) is 18.9. The van der Waals surface area contributed by atoms with Gasteiger partial charge in [0.2, 0.25) is 11.8 Å². The number of rotatable bonds is 2. The second-order valence-electron chi connectivity index (χ2n) is 12.6. The van der Waals surface area contributed by atoms with E-state index in [1.54, 1.807) is 0 Å². The predicted octanol–water partition coefficient (Wildman–Crippen LogP) is 6.66. The van der Waals surface area contributed by atoms with E-state index in [2.05, 4.69) is 0 Å². The molecular formula is C37H44N2O12. The Bertz CT molecular complexity index is 1500. The Morgan fingerprint density at radius 3 is 1.10 bits per heavy atom. The molecule has 0 radical (unpaired) electrons. The molecule has 0 unspecified atom stereocenters. The first-order valence-corrected chi connectivity index (χ1v) is 17.6. The molecule has 0 spiro atoms. The molecule has 0 aliphatic carbocycles. The summed E-state index contributed by atoms with van der Waals surface area (Å²) in [5, 5.41) is 11.4. The number of esters is 4. The number of carbonyl (C=O) groups excluding carboxylic acids is 6. The lowest BCUT2D eigenvalue weighted by atomic mass is 10.0. The number of hydrogen-bond donors (Lipinski definition) is 0. The predicted molar refractivity (Wildman–Crippen MR) is 182 cm³/mol. The lowest BCUT2D eigenvalue weighted by molar-refractivity contribution is -0.384. The summed E-state index contributed by atoms with van der Waals surface area (Å²) in [7, 11) is 0. The molecule has 2 amide bonds. The van der Waals surface area contributed by atoms with E-state index in [9.17, 15) is 38.9 Å². The maximum absolute atomic E-state index is 13.0. The summed E-state index contributed by atoms with van der Waals surface area (Å²) < 4.78 is 21.5. The van der Waals surface area contributed by atoms with Gasteiger partial charge >= 0.3 is 23.9 Å². The number of carbonyl (C=O) groups is 6. The molecule has 4 bridgehead atoms. The van der Waals surface area contributed by atoms with Crippen molar-refractivity contribution >= 4 is 47.1 Å². The molecule has 2 aliphatic rings. The van der Waals surface area contributed by atoms with Crippen molar-refractivity contribution in [2.45, 2.75) is 96.3 Å². The number of non-ortho nitro benzene ring substituents is 1. The zero-order chi connectivity index (χ0) is 36.6. The Morgan fingerprint density at radius 1 is 0.451 bits per heavy atom. The number of nitro benzene ring substituents is 1. The van der Waals surface area contributed by atoms with E-state index >= 15 is 0 Å². The number of benzene rings is 2. The Hall–Kier alpha value is -5.14. The maximum Gasteiger partial charge on any atom is 0.338 e. The minimum Gasteiger partial charge on any atom is -0.462 e. The monoisotopic (exact) mass is 708 g/mol. The second-order valence-corrected chi connectivity index (χ2v) is 12.6. The van der Waals surface area contributed by atoms with Gasteiger partial charge in [-0.3, -0.25) is 24.6 Å². The number of cyclic esters (lactones) is 4. The number of anilines is 1. The summed E-state index contributed by atoms with van der Waals surface area (Å²) in [6.07, 6.45) is 9.39. The van der Waals surface area contributed by atoms with Gasteiger partial charge in [0, 0.05) is 25.0 Å². The van der Waals surface area contributed by atoms with Gasteiger partial charge in [-0.05, 0) is 56.4 Å². The first-order chi connectivity index (χ1) is 24.6. The number of nitrogens with zero attached hydrogens (tertiary/aromatic N) is 2. The van der Waals surface area contributed by atoms with Gasteiger partial charge in [-0.1, -0.05) is 51.4 Å². The zero-order valence-electron chi connectivity index (χ0n) is 28.7. The summed E-state index contributed by atoms with van der Waals surface area (Å²) in [6.45, 7) is 0.450. The van der Waals surface area contributed by atoms with Crippen LogP contribution >= 0.6 is 0 Å². The number of hydrogen-bond acceptors (Lipinski definition) is 12. The lowest BCUT2D eigenvalue weighted by Gasteiger charge is -2.25. The smallest absolute Gasteiger partial charge is 0.338 e. The van der Waals surface area contributed by atoms with Crippen LogP contribution in [-0.2, 0) is 28.5 Å². The summed E-state index contributed by atoms with van der Waals surface area (Å²) in [5.74, 6) is -3.72. The minimum atomic E-state index is -0.768. The van der Waals surface area contributed by atoms with Crippen LogP contribution in [0.1, 0.15) is 138 Å². The molecule has 2 aliphatic heterocycles. The highest BCUT2D eigenvalue weighted by atomic mass is 16.6. The maximum atomic E-state index is 13.0. The molecule has 0 aromatic heterocycles. The quantitative estimate of drug-likeness (QED) is 0.106. The van der Waals surface area contributed by atoms with Crippen LogP contribution in [0.15, 0.2) is 36.4 Å². The van der Waals surface area contributed by atoms with Crippen LogP contribution in [0, 0.1) is 10.1 Å². The molecule has 1 fully saturated rings. The molecule has 14 nitrogen and oxygen atoms in total. The molecule has 2 aromatic rings. The Morgan fingerprint density at radius 2 is 0.765 bits per heavy atom. The summed E-state index contributed by atoms with van der Waals surface area (Å²) in [5.41, 5.74) is -0.427. The molecule has 51 heavy (non-hydrogen) atoms. The van der Waals surface area contributed by atoms with Gasteiger partial charge in [0.05, 0.1) is 59.3 Å². The van der Waals surface area contributed by atoms with Crippen molar-refractivity contribution in [1.82, 2.24) is 0 Å². The van der Waals surface area contributed by atoms with Crippen LogP contribution in [0.2, 0.25) is 0 Å². The zero-order valence-corrected chi connectivity index (χ0v) is 28.7. The van der Waals surface area contributed by atoms with Gasteiger partial charge in [-0.25, -0.2) is 19.2 Å². The molecule has 0 saturated carbocycles. The van der Waals surface area contributed by atoms with Gasteiger partial charge in [0.25, 0.3) is 5.69 Å². The number of piperidine rings is 1. The molecule has 1 saturated heterocycles. The average Bonchev–Trinajstić information content (AvgIpc) is 3.11. The third-order valence-corrected chi connectivity index (χ3v) is 8.54. The largest absolute Gasteiger partial charge is 0.462 e. The average molecular weight is 709 g/mol. The van der Waals surface area contributed by atoms with E-state index in [0.29, 0.717) is 32.1 Å². The fourth-order valence-corrected chi connectivity index (χ4v) is 5.79. The Labute approximate surface area is 295 Å². The van der Waals surface area contributed by atoms with Gasteiger partial charge in [-0.15, -0.1) is 0 Å². The third kappa shape index (κ3) is 12.0. The van der Waals surface area contributed by atoms with Crippen LogP contribution in [0.3, 0.4) is 0 Å². The molecule has 2 aromatic carbocycles. The van der Waals surface area contributed by atoms with Crippen LogP contribution in [-0.4, -0.2) is 67.0 Å². The van der Waals surface area contributed by atoms with Gasteiger partial charge < -0.3 is 18.9 Å². The lowest BCUT2D eigenvalue weighted by Crippen LogP contribution is -2.40. The number of fused-ring (bicyclic) bond motifs is 4. The standard InChI is InChI=1S/C37H44N2O12/c40-32-14-13-15-33(41)38(32)30-22-26-20-27(23-30)35(43)49-17-10-6-2-4-8-12-19-51-37(45)29-21-28(24-31(25-29)39(46)47)36(44)50-18-11-7-3-1-5-9-16-48-34(26)42/h20-25H,1-19H2. The SMILES string of the molecule is O=C1OCCCCCCCCOC(=O)c2cc(cc([N+](=O)[O-])c2)C(=O)OCCCCCCCCOC(=O)c2cc1cc(N1C(=O)CCCC1=O)c2. The number of imide groups is 1. The molecule has 2 heterocycles. The highest BCUT2D eigenvalue weighted by Crippen LogP contribution is 2.26. The Balaban J connectivity index is 1.38. The van der Waals surface area contributed by atoms with Gasteiger partial charge in [0.15, 0.2) is 0 Å². The molecule has 4 rings (SSSR count). The molecule has 0 N–H and O–H groups in total. The Kier molecular flexibility index (Phi) is 15.1. The fraction of sp³-hybridized carbons (Fsp3) is 0.514. The van der Waals surface area contributed by atoms with Gasteiger partial charge in [0.1, 0.15) is 0 Å². The van der Waals surface area contributed by atoms with Crippen molar-refractivity contribution in [3.8, 4) is 0 Å². The number of nitro groups is 1. The van der Waals surface area contributed by atoms with Crippen LogP contribution < -0.4 is 4.90 Å². The van der Waals surface area contributed by atoms with Crippen LogP contribution in [0.25, 0.3) is 0 Å². The van der Waals surface area contributed by atoms with Crippen molar-refractivity contribution in [2.24, 2.45) is 0 Å². The first kappa shape index (κ1) is 38.7. The van der Waals surface area contributed by atoms with Crippen LogP contribution in [0.4, 0.5) is 11.4 Å². The van der Waals surface area contributed by atoms with Crippen LogP contribution in [0.5, 0.6) is 0 Å². The highest BCUT2D eigenvalue weighted by Gasteiger charge is 2.29. The molecule has 14 heteroatoms. The fourth-order valence-electron chi connectivity index (χ4n) is 5.79. The van der Waals surface area contributed by atoms with E-state index in [1.165, 1.54) is 24.3 Å². The number of amides is 2. The van der Waals surface area contributed by atoms with Crippen molar-refractivity contribution in [2.75, 3.05) is 31.3 Å². The highest BCUT2D eigenvalue weighted by molar-refractivity contribution is 6.17. The summed E-state index contributed by atoms with van der Waals surface area (Å²) >= 11 is 0. The van der Waals surface area contributed by atoms with Crippen molar-refractivity contribution in [3.63, 3.8) is 0 Å². The summed E-state index contributed by atoms with van der Waals surface area (Å²) in [6, 6.07) is 7.50.